The number of hydrogen-bond acceptors (Lipinski definition) is 6. The second kappa shape index (κ2) is 12.6. The van der Waals surface area contributed by atoms with Crippen LogP contribution in [0, 0.1) is 0 Å². The highest BCUT2D eigenvalue weighted by Gasteiger charge is 2.24. The van der Waals surface area contributed by atoms with E-state index in [-0.39, 0.29) is 0 Å². The highest BCUT2D eigenvalue weighted by atomic mass is 35.5. The molecule has 2 aromatic carbocycles. The zero-order valence-corrected chi connectivity index (χ0v) is 20.8. The van der Waals surface area contributed by atoms with E-state index < -0.39 is 11.9 Å². The Kier molecular flexibility index (Phi) is 9.32. The molecule has 2 heterocycles. The van der Waals surface area contributed by atoms with Crippen LogP contribution in [0.5, 0.6) is 0 Å². The third-order valence-corrected chi connectivity index (χ3v) is 5.43. The van der Waals surface area contributed by atoms with Crippen molar-refractivity contribution in [1.29, 1.82) is 0 Å². The first kappa shape index (κ1) is 26.6. The standard InChI is InChI=1S/C23H23ClN4.C4H4O4/c1-27(2)15-6-16-28-21-9-4-3-7-19(21)22(17-10-12-18(24)13-11-17)26-20-8-5-14-25-23(20)28;5-3(6)1-2-4(7)8/h3-5,7-14H,6,15-16H2,1-2H3;1-2H,(H,5,6)(H,7,8)/b;2-1+. The molecular formula is C27H27ClN4O4. The number of hydrogen-bond donors (Lipinski definition) is 2. The van der Waals surface area contributed by atoms with Gasteiger partial charge in [-0.2, -0.15) is 0 Å². The van der Waals surface area contributed by atoms with Gasteiger partial charge in [0, 0.05) is 41.0 Å². The van der Waals surface area contributed by atoms with Crippen LogP contribution in [0.25, 0.3) is 0 Å². The molecule has 3 aromatic rings. The fraction of sp³-hybridized carbons (Fsp3) is 0.185. The highest BCUT2D eigenvalue weighted by Crippen LogP contribution is 2.39. The minimum absolute atomic E-state index is 0.558. The fourth-order valence-corrected chi connectivity index (χ4v) is 3.76. The van der Waals surface area contributed by atoms with Crippen LogP contribution in [0.3, 0.4) is 0 Å². The van der Waals surface area contributed by atoms with E-state index in [9.17, 15) is 9.59 Å². The first-order valence-corrected chi connectivity index (χ1v) is 11.6. The fourth-order valence-electron chi connectivity index (χ4n) is 3.63. The van der Waals surface area contributed by atoms with Crippen LogP contribution in [0.4, 0.5) is 17.2 Å². The summed E-state index contributed by atoms with van der Waals surface area (Å²) < 4.78 is 0. The molecule has 4 rings (SSSR count). The smallest absolute Gasteiger partial charge is 0.328 e. The van der Waals surface area contributed by atoms with Gasteiger partial charge in [-0.3, -0.25) is 0 Å². The molecule has 9 heteroatoms. The van der Waals surface area contributed by atoms with Gasteiger partial charge in [-0.1, -0.05) is 41.9 Å². The average molecular weight is 507 g/mol. The number of pyridine rings is 1. The summed E-state index contributed by atoms with van der Waals surface area (Å²) in [6.07, 6.45) is 3.99. The van der Waals surface area contributed by atoms with Gasteiger partial charge in [0.15, 0.2) is 5.82 Å². The zero-order valence-electron chi connectivity index (χ0n) is 20.0. The van der Waals surface area contributed by atoms with Crippen molar-refractivity contribution < 1.29 is 19.8 Å². The number of carbonyl (C=O) groups is 2. The SMILES string of the molecule is CN(C)CCCN1c2ccccc2C(c2ccc(Cl)cc2)=Nc2cccnc21.O=C(O)/C=C/C(=O)O. The van der Waals surface area contributed by atoms with Crippen LogP contribution < -0.4 is 4.90 Å². The van der Waals surface area contributed by atoms with Gasteiger partial charge in [0.2, 0.25) is 0 Å². The molecule has 0 atom stereocenters. The van der Waals surface area contributed by atoms with Gasteiger partial charge in [0.1, 0.15) is 5.69 Å². The summed E-state index contributed by atoms with van der Waals surface area (Å²) in [5.74, 6) is -1.61. The molecule has 0 aliphatic carbocycles. The summed E-state index contributed by atoms with van der Waals surface area (Å²) in [7, 11) is 4.20. The lowest BCUT2D eigenvalue weighted by Gasteiger charge is -2.26. The molecule has 0 unspecified atom stereocenters. The maximum atomic E-state index is 9.55. The Bertz CT molecular complexity index is 1260. The molecule has 0 bridgehead atoms. The normalized spacial score (nSPS) is 12.2. The molecule has 8 nitrogen and oxygen atoms in total. The molecule has 1 aliphatic heterocycles. The van der Waals surface area contributed by atoms with E-state index in [0.29, 0.717) is 12.2 Å². The molecule has 0 radical (unpaired) electrons. The zero-order chi connectivity index (χ0) is 26.1. The van der Waals surface area contributed by atoms with Crippen LogP contribution in [0.1, 0.15) is 17.5 Å². The topological polar surface area (TPSA) is 106 Å². The number of nitrogens with zero attached hydrogens (tertiary/aromatic N) is 4. The molecule has 1 aromatic heterocycles. The van der Waals surface area contributed by atoms with Gasteiger partial charge in [0.25, 0.3) is 0 Å². The van der Waals surface area contributed by atoms with Gasteiger partial charge in [-0.05, 0) is 57.4 Å². The van der Waals surface area contributed by atoms with Crippen molar-refractivity contribution in [2.24, 2.45) is 4.99 Å². The van der Waals surface area contributed by atoms with E-state index in [1.54, 1.807) is 0 Å². The average Bonchev–Trinajstić information content (AvgIpc) is 2.99. The van der Waals surface area contributed by atoms with E-state index in [1.807, 2.05) is 42.6 Å². The van der Waals surface area contributed by atoms with E-state index >= 15 is 0 Å². The monoisotopic (exact) mass is 506 g/mol. The Labute approximate surface area is 214 Å². The van der Waals surface area contributed by atoms with Crippen molar-refractivity contribution in [3.8, 4) is 0 Å². The second-order valence-electron chi connectivity index (χ2n) is 8.15. The third-order valence-electron chi connectivity index (χ3n) is 5.18. The van der Waals surface area contributed by atoms with Crippen LogP contribution in [-0.4, -0.2) is 64.9 Å². The van der Waals surface area contributed by atoms with Crippen molar-refractivity contribution in [3.05, 3.63) is 95.2 Å². The third kappa shape index (κ3) is 7.24. The van der Waals surface area contributed by atoms with E-state index in [1.165, 1.54) is 0 Å². The summed E-state index contributed by atoms with van der Waals surface area (Å²) in [6, 6.07) is 20.3. The van der Waals surface area contributed by atoms with Crippen LogP contribution >= 0.6 is 11.6 Å². The summed E-state index contributed by atoms with van der Waals surface area (Å²) in [4.78, 5) is 33.3. The molecular weight excluding hydrogens is 480 g/mol. The molecule has 0 saturated carbocycles. The minimum Gasteiger partial charge on any atom is -0.478 e. The number of aromatic nitrogens is 1. The van der Waals surface area contributed by atoms with E-state index in [2.05, 4.69) is 53.1 Å². The van der Waals surface area contributed by atoms with Crippen molar-refractivity contribution in [2.75, 3.05) is 32.1 Å². The summed E-state index contributed by atoms with van der Waals surface area (Å²) in [5, 5.41) is 16.3. The van der Waals surface area contributed by atoms with Crippen molar-refractivity contribution in [2.45, 2.75) is 6.42 Å². The quantitative estimate of drug-likeness (QED) is 0.433. The summed E-state index contributed by atoms with van der Waals surface area (Å²) >= 11 is 6.11. The first-order valence-electron chi connectivity index (χ1n) is 11.2. The molecule has 0 amide bonds. The lowest BCUT2D eigenvalue weighted by Crippen LogP contribution is -2.24. The number of aliphatic carboxylic acids is 2. The summed E-state index contributed by atoms with van der Waals surface area (Å²) in [6.45, 7) is 1.90. The lowest BCUT2D eigenvalue weighted by molar-refractivity contribution is -0.134. The van der Waals surface area contributed by atoms with Crippen LogP contribution in [-0.2, 0) is 9.59 Å². The Morgan fingerprint density at radius 2 is 1.64 bits per heavy atom. The molecule has 0 fully saturated rings. The maximum absolute atomic E-state index is 9.55. The Hall–Kier alpha value is -4.01. The van der Waals surface area contributed by atoms with E-state index in [0.717, 1.165) is 58.6 Å². The molecule has 36 heavy (non-hydrogen) atoms. The van der Waals surface area contributed by atoms with Gasteiger partial charge in [0.05, 0.1) is 11.4 Å². The predicted molar refractivity (Wildman–Crippen MR) is 142 cm³/mol. The number of rotatable bonds is 7. The number of carboxylic acid groups (broad SMARTS) is 2. The predicted octanol–water partition coefficient (Wildman–Crippen LogP) is 5.02. The minimum atomic E-state index is -1.26. The van der Waals surface area contributed by atoms with E-state index in [4.69, 9.17) is 26.8 Å². The number of anilines is 2. The largest absolute Gasteiger partial charge is 0.478 e. The van der Waals surface area contributed by atoms with Gasteiger partial charge in [-0.25, -0.2) is 19.6 Å². The number of fused-ring (bicyclic) bond motifs is 2. The number of carboxylic acids is 2. The molecule has 2 N–H and O–H groups in total. The number of benzene rings is 2. The number of para-hydroxylation sites is 1. The Morgan fingerprint density at radius 1 is 0.972 bits per heavy atom. The van der Waals surface area contributed by atoms with Gasteiger partial charge in [-0.15, -0.1) is 0 Å². The Morgan fingerprint density at radius 3 is 2.28 bits per heavy atom. The summed E-state index contributed by atoms with van der Waals surface area (Å²) in [5.41, 5.74) is 5.10. The van der Waals surface area contributed by atoms with Crippen molar-refractivity contribution >= 4 is 46.4 Å². The van der Waals surface area contributed by atoms with Crippen LogP contribution in [0.15, 0.2) is 84.0 Å². The van der Waals surface area contributed by atoms with Crippen molar-refractivity contribution in [1.82, 2.24) is 9.88 Å². The Balaban J connectivity index is 0.000000392. The first-order chi connectivity index (χ1) is 17.3. The number of aliphatic imine (C=N–C) groups is 1. The number of halogens is 1. The second-order valence-corrected chi connectivity index (χ2v) is 8.59. The molecule has 0 saturated heterocycles. The molecule has 1 aliphatic rings. The van der Waals surface area contributed by atoms with Gasteiger partial charge < -0.3 is 20.0 Å². The molecule has 0 spiro atoms. The van der Waals surface area contributed by atoms with Gasteiger partial charge >= 0.3 is 11.9 Å². The maximum Gasteiger partial charge on any atom is 0.328 e. The van der Waals surface area contributed by atoms with Crippen LogP contribution in [0.2, 0.25) is 5.02 Å². The van der Waals surface area contributed by atoms with Crippen molar-refractivity contribution in [3.63, 3.8) is 0 Å². The highest BCUT2D eigenvalue weighted by molar-refractivity contribution is 6.30. The lowest BCUT2D eigenvalue weighted by atomic mass is 10.00. The molecule has 186 valence electrons.